The molecule has 1 fully saturated rings. The van der Waals surface area contributed by atoms with Gasteiger partial charge < -0.3 is 10.1 Å². The van der Waals surface area contributed by atoms with E-state index >= 15 is 0 Å². The quantitative estimate of drug-likeness (QED) is 0.616. The Morgan fingerprint density at radius 3 is 2.48 bits per heavy atom. The molecule has 1 aliphatic rings. The summed E-state index contributed by atoms with van der Waals surface area (Å²) >= 11 is 0. The maximum absolute atomic E-state index is 14.9. The van der Waals surface area contributed by atoms with Crippen molar-refractivity contribution in [1.82, 2.24) is 9.29 Å². The highest BCUT2D eigenvalue weighted by molar-refractivity contribution is 7.90. The van der Waals surface area contributed by atoms with Crippen LogP contribution >= 0.6 is 0 Å². The molecule has 0 spiro atoms. The number of nitrogens with zero attached hydrogens (tertiary/aromatic N) is 2. The Bertz CT molecular complexity index is 1090. The van der Waals surface area contributed by atoms with Crippen molar-refractivity contribution in [3.05, 3.63) is 53.2 Å². The van der Waals surface area contributed by atoms with E-state index < -0.39 is 38.9 Å². The van der Waals surface area contributed by atoms with Crippen molar-refractivity contribution in [2.24, 2.45) is 0 Å². The van der Waals surface area contributed by atoms with Gasteiger partial charge in [0.25, 0.3) is 0 Å². The predicted octanol–water partition coefficient (Wildman–Crippen LogP) is 1.73. The molecule has 0 atom stereocenters. The van der Waals surface area contributed by atoms with Crippen molar-refractivity contribution in [3.63, 3.8) is 0 Å². The lowest BCUT2D eigenvalue weighted by Gasteiger charge is -2.26. The normalized spacial score (nSPS) is 14.8. The zero-order valence-corrected chi connectivity index (χ0v) is 17.3. The van der Waals surface area contributed by atoms with Gasteiger partial charge in [-0.2, -0.15) is 12.7 Å². The Morgan fingerprint density at radius 1 is 1.16 bits per heavy atom. The second-order valence-electron chi connectivity index (χ2n) is 6.74. The molecule has 1 amide bonds. The van der Waals surface area contributed by atoms with Gasteiger partial charge in [0.1, 0.15) is 11.6 Å². The zero-order chi connectivity index (χ0) is 22.6. The molecular formula is C19H20F2N4O5S. The lowest BCUT2D eigenvalue weighted by atomic mass is 10.0. The van der Waals surface area contributed by atoms with Crippen molar-refractivity contribution in [1.29, 1.82) is 0 Å². The van der Waals surface area contributed by atoms with Crippen LogP contribution in [0, 0.1) is 11.6 Å². The third-order valence-corrected chi connectivity index (χ3v) is 5.94. The maximum Gasteiger partial charge on any atom is 0.301 e. The minimum atomic E-state index is -4.10. The number of carbonyl (C=O) groups excluding carboxylic acids is 2. The Labute approximate surface area is 177 Å². The number of rotatable bonds is 7. The second kappa shape index (κ2) is 9.45. The Hall–Kier alpha value is -2.96. The topological polar surface area (TPSA) is 118 Å². The smallest absolute Gasteiger partial charge is 0.301 e. The van der Waals surface area contributed by atoms with Gasteiger partial charge >= 0.3 is 10.2 Å². The summed E-state index contributed by atoms with van der Waals surface area (Å²) < 4.78 is 62.3. The summed E-state index contributed by atoms with van der Waals surface area (Å²) in [5.74, 6) is -3.36. The highest BCUT2D eigenvalue weighted by atomic mass is 32.2. The Kier molecular flexibility index (Phi) is 6.93. The largest absolute Gasteiger partial charge is 0.379 e. The Morgan fingerprint density at radius 2 is 1.87 bits per heavy atom. The monoisotopic (exact) mass is 454 g/mol. The molecule has 0 bridgehead atoms. The van der Waals surface area contributed by atoms with Crippen molar-refractivity contribution < 1.29 is 31.5 Å². The van der Waals surface area contributed by atoms with E-state index in [1.54, 1.807) is 0 Å². The molecule has 31 heavy (non-hydrogen) atoms. The summed E-state index contributed by atoms with van der Waals surface area (Å²) in [5.41, 5.74) is -1.03. The molecule has 12 heteroatoms. The Balaban J connectivity index is 1.79. The van der Waals surface area contributed by atoms with Crippen LogP contribution in [0.3, 0.4) is 0 Å². The molecule has 1 saturated heterocycles. The van der Waals surface area contributed by atoms with Gasteiger partial charge in [0, 0.05) is 32.6 Å². The summed E-state index contributed by atoms with van der Waals surface area (Å²) in [4.78, 5) is 27.5. The number of ketones is 1. The van der Waals surface area contributed by atoms with Gasteiger partial charge in [0.05, 0.1) is 24.5 Å². The highest BCUT2D eigenvalue weighted by Gasteiger charge is 2.27. The molecule has 2 heterocycles. The number of ether oxygens (including phenoxy) is 1. The van der Waals surface area contributed by atoms with E-state index in [0.29, 0.717) is 5.56 Å². The first-order valence-electron chi connectivity index (χ1n) is 9.27. The molecule has 0 unspecified atom stereocenters. The molecule has 0 radical (unpaired) electrons. The van der Waals surface area contributed by atoms with E-state index in [0.717, 1.165) is 16.4 Å². The third kappa shape index (κ3) is 5.60. The number of morpholine rings is 1. The number of carbonyl (C=O) groups is 2. The van der Waals surface area contributed by atoms with Gasteiger partial charge in [0.15, 0.2) is 11.6 Å². The van der Waals surface area contributed by atoms with Crippen LogP contribution in [0.15, 0.2) is 30.5 Å². The van der Waals surface area contributed by atoms with Crippen LogP contribution in [0.4, 0.5) is 20.3 Å². The number of anilines is 2. The van der Waals surface area contributed by atoms with E-state index in [-0.39, 0.29) is 44.4 Å². The van der Waals surface area contributed by atoms with Crippen LogP contribution in [0.1, 0.15) is 22.8 Å². The molecule has 2 aromatic rings. The standard InChI is InChI=1S/C19H20F2N4O5S/c1-12(26)23-17-5-2-13(11-22-17)10-16(27)18-14(20)3-4-15(19(18)21)24-31(28,29)25-6-8-30-9-7-25/h2-5,11,24H,6-10H2,1H3,(H,22,23,26). The number of amides is 1. The molecule has 3 rings (SSSR count). The van der Waals surface area contributed by atoms with Crippen LogP contribution in [-0.2, 0) is 26.2 Å². The fourth-order valence-corrected chi connectivity index (χ4v) is 4.13. The van der Waals surface area contributed by atoms with Crippen molar-refractivity contribution >= 4 is 33.4 Å². The lowest BCUT2D eigenvalue weighted by Crippen LogP contribution is -2.43. The van der Waals surface area contributed by atoms with Gasteiger partial charge in [-0.1, -0.05) is 6.07 Å². The van der Waals surface area contributed by atoms with Gasteiger partial charge in [-0.15, -0.1) is 0 Å². The third-order valence-electron chi connectivity index (χ3n) is 4.41. The minimum absolute atomic E-state index is 0.0887. The van der Waals surface area contributed by atoms with Gasteiger partial charge in [0.2, 0.25) is 5.91 Å². The number of benzene rings is 1. The number of Topliss-reactive ketones (excluding diaryl/α,β-unsaturated/α-hetero) is 1. The van der Waals surface area contributed by atoms with Crippen LogP contribution in [0.25, 0.3) is 0 Å². The maximum atomic E-state index is 14.9. The van der Waals surface area contributed by atoms with E-state index in [4.69, 9.17) is 4.74 Å². The van der Waals surface area contributed by atoms with Gasteiger partial charge in [-0.05, 0) is 23.8 Å². The molecule has 1 aromatic heterocycles. The summed E-state index contributed by atoms with van der Waals surface area (Å²) in [6.07, 6.45) is 0.921. The van der Waals surface area contributed by atoms with Gasteiger partial charge in [-0.3, -0.25) is 14.3 Å². The first-order valence-corrected chi connectivity index (χ1v) is 10.7. The molecule has 1 aromatic carbocycles. The highest BCUT2D eigenvalue weighted by Crippen LogP contribution is 2.24. The lowest BCUT2D eigenvalue weighted by molar-refractivity contribution is -0.114. The van der Waals surface area contributed by atoms with Crippen molar-refractivity contribution in [3.8, 4) is 0 Å². The predicted molar refractivity (Wildman–Crippen MR) is 108 cm³/mol. The second-order valence-corrected chi connectivity index (χ2v) is 8.41. The van der Waals surface area contributed by atoms with E-state index in [2.05, 4.69) is 15.0 Å². The summed E-state index contributed by atoms with van der Waals surface area (Å²) in [6, 6.07) is 4.68. The van der Waals surface area contributed by atoms with Crippen molar-refractivity contribution in [2.45, 2.75) is 13.3 Å². The van der Waals surface area contributed by atoms with Crippen LogP contribution in [-0.4, -0.2) is 55.7 Å². The number of nitrogens with one attached hydrogen (secondary N) is 2. The SMILES string of the molecule is CC(=O)Nc1ccc(CC(=O)c2c(F)ccc(NS(=O)(=O)N3CCOCC3)c2F)cn1. The fourth-order valence-electron chi connectivity index (χ4n) is 2.93. The minimum Gasteiger partial charge on any atom is -0.379 e. The van der Waals surface area contributed by atoms with Crippen LogP contribution < -0.4 is 10.0 Å². The average molecular weight is 454 g/mol. The van der Waals surface area contributed by atoms with E-state index in [1.165, 1.54) is 25.3 Å². The summed E-state index contributed by atoms with van der Waals surface area (Å²) in [7, 11) is -4.10. The molecule has 1 aliphatic heterocycles. The van der Waals surface area contributed by atoms with Gasteiger partial charge in [-0.25, -0.2) is 13.8 Å². The number of aromatic nitrogens is 1. The molecular weight excluding hydrogens is 434 g/mol. The molecule has 0 aliphatic carbocycles. The summed E-state index contributed by atoms with van der Waals surface area (Å²) in [6.45, 7) is 1.89. The number of hydrogen-bond donors (Lipinski definition) is 2. The number of hydrogen-bond acceptors (Lipinski definition) is 6. The van der Waals surface area contributed by atoms with Crippen LogP contribution in [0.5, 0.6) is 0 Å². The first kappa shape index (κ1) is 22.7. The summed E-state index contributed by atoms with van der Waals surface area (Å²) in [5, 5.41) is 2.46. The van der Waals surface area contributed by atoms with Crippen LogP contribution in [0.2, 0.25) is 0 Å². The number of halogens is 2. The molecule has 166 valence electrons. The van der Waals surface area contributed by atoms with Crippen molar-refractivity contribution in [2.75, 3.05) is 36.3 Å². The molecule has 2 N–H and O–H groups in total. The molecule has 0 saturated carbocycles. The molecule has 9 nitrogen and oxygen atoms in total. The average Bonchev–Trinajstić information content (AvgIpc) is 2.72. The fraction of sp³-hybridized carbons (Fsp3) is 0.316. The van der Waals surface area contributed by atoms with E-state index in [1.807, 2.05) is 0 Å². The first-order chi connectivity index (χ1) is 14.7. The zero-order valence-electron chi connectivity index (χ0n) is 16.5. The number of pyridine rings is 1. The van der Waals surface area contributed by atoms with E-state index in [9.17, 15) is 26.8 Å².